The predicted octanol–water partition coefficient (Wildman–Crippen LogP) is 3.66. The fourth-order valence-electron chi connectivity index (χ4n) is 2.31. The van der Waals surface area contributed by atoms with Crippen molar-refractivity contribution in [1.29, 1.82) is 0 Å². The second kappa shape index (κ2) is 7.15. The van der Waals surface area contributed by atoms with Crippen LogP contribution in [0.5, 0.6) is 11.5 Å². The van der Waals surface area contributed by atoms with Gasteiger partial charge in [-0.15, -0.1) is 0 Å². The van der Waals surface area contributed by atoms with Crippen molar-refractivity contribution in [2.24, 2.45) is 5.41 Å². The third-order valence-corrected chi connectivity index (χ3v) is 4.99. The number of ether oxygens (including phenoxy) is 3. The molecule has 106 valence electrons. The molecule has 1 aliphatic heterocycles. The van der Waals surface area contributed by atoms with E-state index in [0.717, 1.165) is 55.9 Å². The van der Waals surface area contributed by atoms with Crippen molar-refractivity contribution in [3.8, 4) is 11.5 Å². The Labute approximate surface area is 123 Å². The zero-order valence-corrected chi connectivity index (χ0v) is 12.9. The molecule has 1 aromatic carbocycles. The topological polar surface area (TPSA) is 27.7 Å². The van der Waals surface area contributed by atoms with Crippen LogP contribution in [0.3, 0.4) is 0 Å². The van der Waals surface area contributed by atoms with Crippen molar-refractivity contribution < 1.29 is 14.2 Å². The van der Waals surface area contributed by atoms with Crippen molar-refractivity contribution in [3.63, 3.8) is 0 Å². The van der Waals surface area contributed by atoms with Crippen LogP contribution < -0.4 is 9.47 Å². The minimum Gasteiger partial charge on any atom is -0.497 e. The smallest absolute Gasteiger partial charge is 0.119 e. The minimum atomic E-state index is 0.338. The van der Waals surface area contributed by atoms with Crippen LogP contribution in [-0.4, -0.2) is 32.3 Å². The van der Waals surface area contributed by atoms with Crippen LogP contribution in [-0.2, 0) is 4.74 Å². The monoisotopic (exact) mass is 328 g/mol. The van der Waals surface area contributed by atoms with Gasteiger partial charge in [-0.05, 0) is 48.9 Å². The van der Waals surface area contributed by atoms with E-state index in [9.17, 15) is 0 Å². The molecule has 3 nitrogen and oxygen atoms in total. The van der Waals surface area contributed by atoms with Gasteiger partial charge in [0.2, 0.25) is 0 Å². The number of benzene rings is 1. The number of hydrogen-bond donors (Lipinski definition) is 0. The summed E-state index contributed by atoms with van der Waals surface area (Å²) in [7, 11) is 1.67. The van der Waals surface area contributed by atoms with Crippen molar-refractivity contribution >= 4 is 15.9 Å². The quantitative estimate of drug-likeness (QED) is 0.746. The molecule has 0 N–H and O–H groups in total. The molecule has 2 rings (SSSR count). The first-order valence-corrected chi connectivity index (χ1v) is 7.81. The highest BCUT2D eigenvalue weighted by Gasteiger charge is 2.31. The van der Waals surface area contributed by atoms with Gasteiger partial charge in [-0.25, -0.2) is 0 Å². The highest BCUT2D eigenvalue weighted by molar-refractivity contribution is 9.09. The highest BCUT2D eigenvalue weighted by Crippen LogP contribution is 2.36. The summed E-state index contributed by atoms with van der Waals surface area (Å²) in [4.78, 5) is 0. The summed E-state index contributed by atoms with van der Waals surface area (Å²) in [6.07, 6.45) is 3.29. The standard InChI is InChI=1S/C15H21BrO3/c1-17-13-2-4-14(5-3-13)19-11-8-15(12-16)6-9-18-10-7-15/h2-5H,6-12H2,1H3. The summed E-state index contributed by atoms with van der Waals surface area (Å²) in [6.45, 7) is 2.49. The van der Waals surface area contributed by atoms with E-state index < -0.39 is 0 Å². The molecule has 0 aromatic heterocycles. The van der Waals surface area contributed by atoms with Crippen LogP contribution in [0.4, 0.5) is 0 Å². The number of alkyl halides is 1. The van der Waals surface area contributed by atoms with Gasteiger partial charge in [0.05, 0.1) is 13.7 Å². The normalized spacial score (nSPS) is 18.0. The molecule has 1 aromatic rings. The largest absolute Gasteiger partial charge is 0.497 e. The zero-order valence-electron chi connectivity index (χ0n) is 11.4. The van der Waals surface area contributed by atoms with Gasteiger partial charge in [-0.1, -0.05) is 15.9 Å². The van der Waals surface area contributed by atoms with E-state index in [1.54, 1.807) is 7.11 Å². The first-order valence-electron chi connectivity index (χ1n) is 6.69. The molecule has 19 heavy (non-hydrogen) atoms. The molecule has 0 spiro atoms. The Morgan fingerprint density at radius 3 is 2.37 bits per heavy atom. The van der Waals surface area contributed by atoms with Crippen molar-refractivity contribution in [2.75, 3.05) is 32.3 Å². The van der Waals surface area contributed by atoms with Crippen molar-refractivity contribution in [1.82, 2.24) is 0 Å². The molecular formula is C15H21BrO3. The van der Waals surface area contributed by atoms with Gasteiger partial charge in [0.15, 0.2) is 0 Å². The first kappa shape index (κ1) is 14.7. The van der Waals surface area contributed by atoms with Crippen LogP contribution in [0.1, 0.15) is 19.3 Å². The molecule has 0 amide bonds. The molecule has 4 heteroatoms. The summed E-state index contributed by atoms with van der Waals surface area (Å²) < 4.78 is 16.4. The third-order valence-electron chi connectivity index (χ3n) is 3.80. The molecule has 0 unspecified atom stereocenters. The second-order valence-corrected chi connectivity index (χ2v) is 5.58. The highest BCUT2D eigenvalue weighted by atomic mass is 79.9. The SMILES string of the molecule is COc1ccc(OCCC2(CBr)CCOCC2)cc1. The van der Waals surface area contributed by atoms with Gasteiger partial charge in [0, 0.05) is 18.5 Å². The van der Waals surface area contributed by atoms with Gasteiger partial charge in [0.1, 0.15) is 11.5 Å². The Kier molecular flexibility index (Phi) is 5.52. The summed E-state index contributed by atoms with van der Waals surface area (Å²) in [5.41, 5.74) is 0.338. The van der Waals surface area contributed by atoms with Crippen LogP contribution >= 0.6 is 15.9 Å². The Hall–Kier alpha value is -0.740. The number of methoxy groups -OCH3 is 1. The van der Waals surface area contributed by atoms with Crippen LogP contribution in [0.25, 0.3) is 0 Å². The van der Waals surface area contributed by atoms with E-state index in [2.05, 4.69) is 15.9 Å². The predicted molar refractivity (Wildman–Crippen MR) is 79.4 cm³/mol. The van der Waals surface area contributed by atoms with E-state index in [0.29, 0.717) is 5.41 Å². The summed E-state index contributed by atoms with van der Waals surface area (Å²) >= 11 is 3.65. The van der Waals surface area contributed by atoms with Crippen LogP contribution in [0.15, 0.2) is 24.3 Å². The summed E-state index contributed by atoms with van der Waals surface area (Å²) in [6, 6.07) is 7.74. The second-order valence-electron chi connectivity index (χ2n) is 5.02. The molecule has 0 bridgehead atoms. The Bertz CT molecular complexity index is 371. The van der Waals surface area contributed by atoms with E-state index in [1.165, 1.54) is 0 Å². The maximum atomic E-state index is 5.82. The third kappa shape index (κ3) is 4.11. The average molecular weight is 329 g/mol. The average Bonchev–Trinajstić information content (AvgIpc) is 2.49. The number of halogens is 1. The molecule has 1 fully saturated rings. The molecule has 0 saturated carbocycles. The van der Waals surface area contributed by atoms with E-state index in [1.807, 2.05) is 24.3 Å². The van der Waals surface area contributed by atoms with Gasteiger partial charge in [0.25, 0.3) is 0 Å². The fourth-order valence-corrected chi connectivity index (χ4v) is 3.15. The first-order chi connectivity index (χ1) is 9.28. The van der Waals surface area contributed by atoms with Gasteiger partial charge in [-0.3, -0.25) is 0 Å². The van der Waals surface area contributed by atoms with E-state index in [4.69, 9.17) is 14.2 Å². The Morgan fingerprint density at radius 1 is 1.16 bits per heavy atom. The lowest BCUT2D eigenvalue weighted by Crippen LogP contribution is -2.32. The molecule has 1 heterocycles. The molecule has 0 atom stereocenters. The minimum absolute atomic E-state index is 0.338. The van der Waals surface area contributed by atoms with E-state index >= 15 is 0 Å². The Balaban J connectivity index is 1.81. The van der Waals surface area contributed by atoms with Gasteiger partial charge >= 0.3 is 0 Å². The maximum Gasteiger partial charge on any atom is 0.119 e. The summed E-state index contributed by atoms with van der Waals surface area (Å²) in [5.74, 6) is 1.76. The Morgan fingerprint density at radius 2 is 1.79 bits per heavy atom. The van der Waals surface area contributed by atoms with Crippen LogP contribution in [0, 0.1) is 5.41 Å². The molecule has 0 radical (unpaired) electrons. The lowest BCUT2D eigenvalue weighted by atomic mass is 9.80. The number of hydrogen-bond acceptors (Lipinski definition) is 3. The molecule has 1 saturated heterocycles. The van der Waals surface area contributed by atoms with Gasteiger partial charge < -0.3 is 14.2 Å². The maximum absolute atomic E-state index is 5.82. The van der Waals surface area contributed by atoms with E-state index in [-0.39, 0.29) is 0 Å². The lowest BCUT2D eigenvalue weighted by molar-refractivity contribution is 0.0168. The molecular weight excluding hydrogens is 308 g/mol. The fraction of sp³-hybridized carbons (Fsp3) is 0.600. The van der Waals surface area contributed by atoms with Crippen LogP contribution in [0.2, 0.25) is 0 Å². The lowest BCUT2D eigenvalue weighted by Gasteiger charge is -2.35. The zero-order chi connectivity index (χ0) is 13.6. The molecule has 0 aliphatic carbocycles. The van der Waals surface area contributed by atoms with Crippen molar-refractivity contribution in [3.05, 3.63) is 24.3 Å². The number of rotatable bonds is 6. The van der Waals surface area contributed by atoms with Crippen molar-refractivity contribution in [2.45, 2.75) is 19.3 Å². The summed E-state index contributed by atoms with van der Waals surface area (Å²) in [5, 5.41) is 1.02. The van der Waals surface area contributed by atoms with Gasteiger partial charge in [-0.2, -0.15) is 0 Å². The molecule has 1 aliphatic rings.